The van der Waals surface area contributed by atoms with E-state index in [0.717, 1.165) is 16.7 Å². The van der Waals surface area contributed by atoms with Crippen LogP contribution in [0.3, 0.4) is 0 Å². The Hall–Kier alpha value is -5.38. The average Bonchev–Trinajstić information content (AvgIpc) is 3.81. The smallest absolute Gasteiger partial charge is 0.243 e. The summed E-state index contributed by atoms with van der Waals surface area (Å²) in [5.41, 5.74) is 6.71. The second kappa shape index (κ2) is 21.1. The number of aromatic nitrogens is 1. The van der Waals surface area contributed by atoms with Crippen LogP contribution < -0.4 is 32.3 Å². The third-order valence-electron chi connectivity index (χ3n) is 11.9. The fraction of sp³-hybridized carbons (Fsp3) is 0.585. The number of aliphatic hydroxyl groups excluding tert-OH is 3. The lowest BCUT2D eigenvalue weighted by Gasteiger charge is -2.32. The van der Waals surface area contributed by atoms with Crippen molar-refractivity contribution in [1.29, 1.82) is 0 Å². The molecule has 0 radical (unpaired) electrons. The normalized spacial score (nSPS) is 28.1. The molecule has 5 rings (SSSR count). The molecule has 1 fully saturated rings. The summed E-state index contributed by atoms with van der Waals surface area (Å²) in [6.07, 6.45) is -4.64. The summed E-state index contributed by atoms with van der Waals surface area (Å²) in [5, 5.41) is 45.4. The van der Waals surface area contributed by atoms with Crippen molar-refractivity contribution in [1.82, 2.24) is 36.5 Å². The Morgan fingerprint density at radius 3 is 2.24 bits per heavy atom. The number of hydrogen-bond acceptors (Lipinski definition) is 13. The molecule has 4 heterocycles. The number of ketones is 2. The molecule has 7 amide bonds. The molecule has 2 bridgehead atoms. The van der Waals surface area contributed by atoms with Crippen LogP contribution in [0.5, 0.6) is 0 Å². The highest BCUT2D eigenvalue weighted by molar-refractivity contribution is 7.99. The quantitative estimate of drug-likeness (QED) is 0.138. The molecule has 338 valence electrons. The van der Waals surface area contributed by atoms with E-state index in [1.807, 2.05) is 0 Å². The molecule has 0 spiro atoms. The van der Waals surface area contributed by atoms with E-state index >= 15 is 0 Å². The number of fused-ring (bicyclic) bond motifs is 5. The number of hydrogen-bond donors (Lipinski definition) is 10. The summed E-state index contributed by atoms with van der Waals surface area (Å²) in [5.74, 6) is -11.6. The van der Waals surface area contributed by atoms with Crippen molar-refractivity contribution in [3.05, 3.63) is 29.8 Å². The predicted molar refractivity (Wildman–Crippen MR) is 222 cm³/mol. The van der Waals surface area contributed by atoms with Crippen LogP contribution in [0.4, 0.5) is 0 Å². The summed E-state index contributed by atoms with van der Waals surface area (Å²) in [6.45, 7) is 2.49. The van der Waals surface area contributed by atoms with Crippen LogP contribution in [-0.2, 0) is 49.6 Å². The molecule has 1 saturated heterocycles. The lowest BCUT2D eigenvalue weighted by Crippen LogP contribution is -2.56. The molecule has 1 aromatic carbocycles. The number of carbonyl (C=O) groups is 9. The van der Waals surface area contributed by atoms with Crippen molar-refractivity contribution in [3.8, 4) is 0 Å². The van der Waals surface area contributed by atoms with E-state index in [9.17, 15) is 58.5 Å². The number of primary amides is 1. The maximum absolute atomic E-state index is 14.5. The number of nitrogens with zero attached hydrogens (tertiary/aromatic N) is 1. The van der Waals surface area contributed by atoms with Crippen LogP contribution in [0.1, 0.15) is 58.4 Å². The first-order valence-corrected chi connectivity index (χ1v) is 21.7. The van der Waals surface area contributed by atoms with Crippen molar-refractivity contribution < 1.29 is 58.5 Å². The first kappa shape index (κ1) is 47.7. The average molecular weight is 885 g/mol. The number of benzene rings is 1. The standard InChI is InChI=1S/C41H56N8O12S/c1-4-19(2)35-39(60)44-14-33(56)45-27-18-62-40-25(24-7-5-6-8-26(24)46-40)9-21(37(58)43-15-34(57)47-35)10-30(53)36(20(3)31(54)17-50)48-38(59)28-13-23(51)16-49(28)41(61)22(11-29(27)52)12-32(42)55/h5-8,19-23,27-28,31,35-36,46,50-51,54H,4,9-18H2,1-3H3,(H2,42,55)(H,43,58)(H,44,60)(H,45,56)(H,47,57)(H,48,59)/t19-,20-,21+,22-,23+,27-,28-,31-,35-,36-/m0/s1. The van der Waals surface area contributed by atoms with Crippen molar-refractivity contribution in [2.45, 2.75) is 101 Å². The highest BCUT2D eigenvalue weighted by atomic mass is 32.2. The Kier molecular flexibility index (Phi) is 16.2. The van der Waals surface area contributed by atoms with E-state index in [0.29, 0.717) is 27.9 Å². The number of aromatic amines is 1. The van der Waals surface area contributed by atoms with Gasteiger partial charge in [0.05, 0.1) is 54.9 Å². The van der Waals surface area contributed by atoms with Crippen LogP contribution in [0.15, 0.2) is 29.3 Å². The first-order chi connectivity index (χ1) is 29.4. The molecule has 20 nitrogen and oxygen atoms in total. The van der Waals surface area contributed by atoms with Crippen molar-refractivity contribution >= 4 is 75.6 Å². The van der Waals surface area contributed by atoms with E-state index in [2.05, 4.69) is 31.6 Å². The molecule has 1 aromatic heterocycles. The highest BCUT2D eigenvalue weighted by Crippen LogP contribution is 2.34. The number of rotatable bonds is 7. The number of aliphatic hydroxyl groups is 3. The summed E-state index contributed by atoms with van der Waals surface area (Å²) in [4.78, 5) is 128. The number of H-pyrrole nitrogens is 1. The molecule has 0 aliphatic carbocycles. The zero-order valence-corrected chi connectivity index (χ0v) is 35.6. The van der Waals surface area contributed by atoms with E-state index in [1.165, 1.54) is 6.92 Å². The number of thioether (sulfide) groups is 1. The van der Waals surface area contributed by atoms with Crippen LogP contribution >= 0.6 is 11.8 Å². The first-order valence-electron chi connectivity index (χ1n) is 20.7. The Labute approximate surface area is 361 Å². The lowest BCUT2D eigenvalue weighted by molar-refractivity contribution is -0.145. The maximum Gasteiger partial charge on any atom is 0.243 e. The van der Waals surface area contributed by atoms with Gasteiger partial charge < -0.3 is 57.5 Å². The number of nitrogens with two attached hydrogens (primary N) is 1. The van der Waals surface area contributed by atoms with Gasteiger partial charge in [0.15, 0.2) is 11.6 Å². The van der Waals surface area contributed by atoms with Gasteiger partial charge in [0.1, 0.15) is 12.1 Å². The molecule has 0 saturated carbocycles. The van der Waals surface area contributed by atoms with Crippen LogP contribution in [-0.4, -0.2) is 146 Å². The van der Waals surface area contributed by atoms with Gasteiger partial charge in [-0.3, -0.25) is 43.2 Å². The SMILES string of the molecule is CC[C@H](C)[C@@H]1NC(=O)CNC(=O)[C@H]2CC(=O)[C@H]([C@@H](C)[C@@H](O)CO)NC(=O)[C@@H]3C[C@@H](O)CN3C(=O)[C@H](CC(N)=O)CC(=O)[C@H](CSc3[nH]c4ccccc4c3C2)NC(=O)CNC1=O. The fourth-order valence-electron chi connectivity index (χ4n) is 8.08. The fourth-order valence-corrected chi connectivity index (χ4v) is 9.23. The number of carbonyl (C=O) groups excluding carboxylic acids is 9. The van der Waals surface area contributed by atoms with Gasteiger partial charge in [-0.15, -0.1) is 11.8 Å². The molecule has 2 aromatic rings. The van der Waals surface area contributed by atoms with Gasteiger partial charge in [0.2, 0.25) is 41.4 Å². The van der Waals surface area contributed by atoms with Gasteiger partial charge in [-0.25, -0.2) is 0 Å². The van der Waals surface area contributed by atoms with Gasteiger partial charge >= 0.3 is 0 Å². The van der Waals surface area contributed by atoms with Gasteiger partial charge in [0, 0.05) is 60.7 Å². The molecule has 10 atom stereocenters. The van der Waals surface area contributed by atoms with E-state index in [1.54, 1.807) is 38.1 Å². The molecule has 11 N–H and O–H groups in total. The van der Waals surface area contributed by atoms with Crippen LogP contribution in [0.25, 0.3) is 10.9 Å². The van der Waals surface area contributed by atoms with Crippen molar-refractivity contribution in [2.24, 2.45) is 29.4 Å². The van der Waals surface area contributed by atoms with Gasteiger partial charge in [-0.1, -0.05) is 45.4 Å². The van der Waals surface area contributed by atoms with Crippen molar-refractivity contribution in [2.75, 3.05) is 32.0 Å². The van der Waals surface area contributed by atoms with E-state index in [4.69, 9.17) is 5.73 Å². The molecular formula is C41H56N8O12S. The second-order valence-corrected chi connectivity index (χ2v) is 17.4. The summed E-state index contributed by atoms with van der Waals surface area (Å²) in [6, 6.07) is 1.60. The van der Waals surface area contributed by atoms with Crippen LogP contribution in [0.2, 0.25) is 0 Å². The number of para-hydroxylation sites is 1. The Balaban J connectivity index is 1.69. The predicted octanol–water partition coefficient (Wildman–Crippen LogP) is -2.46. The van der Waals surface area contributed by atoms with E-state index in [-0.39, 0.29) is 25.1 Å². The molecule has 0 unspecified atom stereocenters. The Morgan fingerprint density at radius 1 is 0.887 bits per heavy atom. The second-order valence-electron chi connectivity index (χ2n) is 16.4. The van der Waals surface area contributed by atoms with Crippen LogP contribution in [0, 0.1) is 23.7 Å². The third kappa shape index (κ3) is 11.5. The topological polar surface area (TPSA) is 320 Å². The van der Waals surface area contributed by atoms with E-state index < -0.39 is 152 Å². The molecular weight excluding hydrogens is 829 g/mol. The minimum Gasteiger partial charge on any atom is -0.394 e. The summed E-state index contributed by atoms with van der Waals surface area (Å²) >= 11 is 1.09. The summed E-state index contributed by atoms with van der Waals surface area (Å²) < 4.78 is 0. The maximum atomic E-state index is 14.5. The highest BCUT2D eigenvalue weighted by Gasteiger charge is 2.45. The van der Waals surface area contributed by atoms with Crippen molar-refractivity contribution in [3.63, 3.8) is 0 Å². The molecule has 62 heavy (non-hydrogen) atoms. The molecule has 3 aliphatic rings. The lowest BCUT2D eigenvalue weighted by atomic mass is 9.85. The van der Waals surface area contributed by atoms with Gasteiger partial charge in [0.25, 0.3) is 0 Å². The monoisotopic (exact) mass is 884 g/mol. The summed E-state index contributed by atoms with van der Waals surface area (Å²) in [7, 11) is 0. The largest absolute Gasteiger partial charge is 0.394 e. The number of Topliss-reactive ketones (excluding diaryl/α,β-unsaturated/α-hetero) is 2. The Morgan fingerprint density at radius 2 is 1.56 bits per heavy atom. The molecule has 21 heteroatoms. The van der Waals surface area contributed by atoms with Gasteiger partial charge in [-0.2, -0.15) is 0 Å². The zero-order valence-electron chi connectivity index (χ0n) is 34.8. The zero-order chi connectivity index (χ0) is 45.4. The Bertz CT molecular complexity index is 2060. The minimum atomic E-state index is -1.55. The number of amides is 7. The third-order valence-corrected chi connectivity index (χ3v) is 13.0. The minimum absolute atomic E-state index is 0.135. The molecule has 3 aliphatic heterocycles. The van der Waals surface area contributed by atoms with Gasteiger partial charge in [-0.05, 0) is 24.0 Å². The number of nitrogens with one attached hydrogen (secondary N) is 6.